The van der Waals surface area contributed by atoms with E-state index in [1.54, 1.807) is 0 Å². The molecule has 0 bridgehead atoms. The van der Waals surface area contributed by atoms with Crippen molar-refractivity contribution < 1.29 is 4.74 Å². The fourth-order valence-electron chi connectivity index (χ4n) is 3.90. The summed E-state index contributed by atoms with van der Waals surface area (Å²) in [4.78, 5) is 2.33. The Labute approximate surface area is 150 Å². The number of hydrogen-bond acceptors (Lipinski definition) is 4. The van der Waals surface area contributed by atoms with Crippen LogP contribution in [0.3, 0.4) is 0 Å². The Morgan fingerprint density at radius 3 is 2.46 bits per heavy atom. The van der Waals surface area contributed by atoms with E-state index in [4.69, 9.17) is 22.1 Å². The Morgan fingerprint density at radius 1 is 1.17 bits per heavy atom. The molecule has 1 saturated heterocycles. The SMILES string of the molecule is C[C@@H]1CN(c2ccc(NC[C@H]3CC[C@H](N)CC3)cc2Cl)C[C@H](C)O1. The lowest BCUT2D eigenvalue weighted by Gasteiger charge is -2.37. The molecule has 1 heterocycles. The first kappa shape index (κ1) is 17.8. The molecule has 1 aromatic carbocycles. The van der Waals surface area contributed by atoms with Crippen LogP contribution in [0.2, 0.25) is 5.02 Å². The van der Waals surface area contributed by atoms with Gasteiger partial charge in [-0.2, -0.15) is 0 Å². The van der Waals surface area contributed by atoms with Gasteiger partial charge in [0, 0.05) is 31.4 Å². The first-order valence-electron chi connectivity index (χ1n) is 9.20. The maximum atomic E-state index is 6.56. The lowest BCUT2D eigenvalue weighted by atomic mass is 9.86. The van der Waals surface area contributed by atoms with Crippen molar-refractivity contribution in [2.45, 2.75) is 57.8 Å². The van der Waals surface area contributed by atoms with Crippen LogP contribution in [0.25, 0.3) is 0 Å². The Hall–Kier alpha value is -0.970. The standard InChI is InChI=1S/C19H30ClN3O/c1-13-11-23(12-14(2)24-13)19-8-7-17(9-18(19)20)22-10-15-3-5-16(21)6-4-15/h7-9,13-16,22H,3-6,10-12,21H2,1-2H3/t13-,14+,15-,16-. The van der Waals surface area contributed by atoms with Crippen LogP contribution in [0, 0.1) is 5.92 Å². The third-order valence-electron chi connectivity index (χ3n) is 5.19. The summed E-state index contributed by atoms with van der Waals surface area (Å²) in [5, 5.41) is 4.36. The molecule has 1 saturated carbocycles. The van der Waals surface area contributed by atoms with Gasteiger partial charge in [-0.05, 0) is 63.6 Å². The van der Waals surface area contributed by atoms with Crippen LogP contribution >= 0.6 is 11.6 Å². The summed E-state index contributed by atoms with van der Waals surface area (Å²) in [6.07, 6.45) is 5.23. The second kappa shape index (κ2) is 7.94. The summed E-state index contributed by atoms with van der Waals surface area (Å²) in [6, 6.07) is 6.73. The maximum Gasteiger partial charge on any atom is 0.0726 e. The number of hydrogen-bond donors (Lipinski definition) is 2. The Morgan fingerprint density at radius 2 is 1.83 bits per heavy atom. The maximum absolute atomic E-state index is 6.56. The second-order valence-corrected chi connectivity index (χ2v) is 7.90. The number of benzene rings is 1. The van der Waals surface area contributed by atoms with Crippen molar-refractivity contribution in [3.8, 4) is 0 Å². The van der Waals surface area contributed by atoms with E-state index in [0.717, 1.165) is 54.8 Å². The van der Waals surface area contributed by atoms with E-state index < -0.39 is 0 Å². The lowest BCUT2D eigenvalue weighted by Crippen LogP contribution is -2.45. The summed E-state index contributed by atoms with van der Waals surface area (Å²) < 4.78 is 5.81. The number of anilines is 2. The predicted molar refractivity (Wildman–Crippen MR) is 102 cm³/mol. The number of halogens is 1. The normalized spacial score (nSPS) is 31.1. The number of ether oxygens (including phenoxy) is 1. The van der Waals surface area contributed by atoms with E-state index in [9.17, 15) is 0 Å². The van der Waals surface area contributed by atoms with E-state index >= 15 is 0 Å². The molecule has 1 aliphatic heterocycles. The quantitative estimate of drug-likeness (QED) is 0.864. The fourth-order valence-corrected chi connectivity index (χ4v) is 4.20. The fraction of sp³-hybridized carbons (Fsp3) is 0.684. The molecular formula is C19H30ClN3O. The summed E-state index contributed by atoms with van der Waals surface area (Å²) in [5.74, 6) is 0.726. The minimum Gasteiger partial charge on any atom is -0.385 e. The average molecular weight is 352 g/mol. The molecule has 1 aliphatic carbocycles. The topological polar surface area (TPSA) is 50.5 Å². The molecule has 1 aromatic rings. The number of morpholine rings is 1. The first-order valence-corrected chi connectivity index (χ1v) is 9.58. The van der Waals surface area contributed by atoms with Crippen molar-refractivity contribution in [2.75, 3.05) is 29.9 Å². The molecule has 4 nitrogen and oxygen atoms in total. The molecule has 2 fully saturated rings. The number of nitrogens with two attached hydrogens (primary N) is 1. The van der Waals surface area contributed by atoms with Crippen LogP contribution in [0.15, 0.2) is 18.2 Å². The smallest absolute Gasteiger partial charge is 0.0726 e. The zero-order valence-electron chi connectivity index (χ0n) is 14.8. The first-order chi connectivity index (χ1) is 11.5. The molecule has 2 atom stereocenters. The van der Waals surface area contributed by atoms with Crippen molar-refractivity contribution in [1.82, 2.24) is 0 Å². The Bertz CT molecular complexity index is 535. The molecule has 0 spiro atoms. The van der Waals surface area contributed by atoms with E-state index in [1.807, 2.05) is 0 Å². The molecule has 2 aliphatic rings. The highest BCUT2D eigenvalue weighted by atomic mass is 35.5. The van der Waals surface area contributed by atoms with Gasteiger partial charge in [0.05, 0.1) is 22.9 Å². The van der Waals surface area contributed by atoms with E-state index in [-0.39, 0.29) is 12.2 Å². The van der Waals surface area contributed by atoms with Gasteiger partial charge in [0.25, 0.3) is 0 Å². The van der Waals surface area contributed by atoms with Crippen LogP contribution in [0.4, 0.5) is 11.4 Å². The van der Waals surface area contributed by atoms with Crippen LogP contribution in [-0.2, 0) is 4.74 Å². The molecule has 3 N–H and O–H groups in total. The third-order valence-corrected chi connectivity index (χ3v) is 5.50. The number of nitrogens with one attached hydrogen (secondary N) is 1. The largest absolute Gasteiger partial charge is 0.385 e. The summed E-state index contributed by atoms with van der Waals surface area (Å²) >= 11 is 6.56. The minimum absolute atomic E-state index is 0.236. The van der Waals surface area contributed by atoms with Crippen LogP contribution in [0.1, 0.15) is 39.5 Å². The van der Waals surface area contributed by atoms with Gasteiger partial charge in [-0.1, -0.05) is 11.6 Å². The van der Waals surface area contributed by atoms with Crippen molar-refractivity contribution >= 4 is 23.0 Å². The molecule has 0 amide bonds. The van der Waals surface area contributed by atoms with Gasteiger partial charge in [0.15, 0.2) is 0 Å². The van der Waals surface area contributed by atoms with Gasteiger partial charge in [-0.15, -0.1) is 0 Å². The van der Waals surface area contributed by atoms with Gasteiger partial charge < -0.3 is 20.7 Å². The van der Waals surface area contributed by atoms with E-state index in [2.05, 4.69) is 42.3 Å². The molecule has 134 valence electrons. The van der Waals surface area contributed by atoms with Crippen LogP contribution < -0.4 is 16.0 Å². The van der Waals surface area contributed by atoms with Crippen molar-refractivity contribution in [3.63, 3.8) is 0 Å². The second-order valence-electron chi connectivity index (χ2n) is 7.49. The van der Waals surface area contributed by atoms with Gasteiger partial charge >= 0.3 is 0 Å². The zero-order valence-corrected chi connectivity index (χ0v) is 15.6. The van der Waals surface area contributed by atoms with Crippen molar-refractivity contribution in [3.05, 3.63) is 23.2 Å². The lowest BCUT2D eigenvalue weighted by molar-refractivity contribution is -0.00520. The summed E-state index contributed by atoms with van der Waals surface area (Å²) in [6.45, 7) is 7.01. The van der Waals surface area contributed by atoms with Crippen molar-refractivity contribution in [2.24, 2.45) is 11.7 Å². The third kappa shape index (κ3) is 4.56. The highest BCUT2D eigenvalue weighted by Crippen LogP contribution is 2.31. The minimum atomic E-state index is 0.236. The summed E-state index contributed by atoms with van der Waals surface area (Å²) in [7, 11) is 0. The van der Waals surface area contributed by atoms with Gasteiger partial charge in [0.2, 0.25) is 0 Å². The van der Waals surface area contributed by atoms with Crippen molar-refractivity contribution in [1.29, 1.82) is 0 Å². The number of rotatable bonds is 4. The molecule has 5 heteroatoms. The molecule has 24 heavy (non-hydrogen) atoms. The zero-order chi connectivity index (χ0) is 17.1. The highest BCUT2D eigenvalue weighted by Gasteiger charge is 2.24. The Balaban J connectivity index is 1.58. The highest BCUT2D eigenvalue weighted by molar-refractivity contribution is 6.33. The average Bonchev–Trinajstić information content (AvgIpc) is 2.53. The molecule has 0 radical (unpaired) electrons. The molecular weight excluding hydrogens is 322 g/mol. The van der Waals surface area contributed by atoms with Gasteiger partial charge in [-0.25, -0.2) is 0 Å². The molecule has 0 unspecified atom stereocenters. The van der Waals surface area contributed by atoms with E-state index in [1.165, 1.54) is 12.8 Å². The van der Waals surface area contributed by atoms with Crippen LogP contribution in [0.5, 0.6) is 0 Å². The Kier molecular flexibility index (Phi) is 5.90. The van der Waals surface area contributed by atoms with Gasteiger partial charge in [-0.3, -0.25) is 0 Å². The summed E-state index contributed by atoms with van der Waals surface area (Å²) in [5.41, 5.74) is 8.19. The molecule has 3 rings (SSSR count). The molecule has 0 aromatic heterocycles. The van der Waals surface area contributed by atoms with E-state index in [0.29, 0.717) is 6.04 Å². The predicted octanol–water partition coefficient (Wildman–Crippen LogP) is 3.88. The van der Waals surface area contributed by atoms with Gasteiger partial charge in [0.1, 0.15) is 0 Å². The monoisotopic (exact) mass is 351 g/mol. The van der Waals surface area contributed by atoms with Crippen LogP contribution in [-0.4, -0.2) is 37.9 Å². The number of nitrogens with zero attached hydrogens (tertiary/aromatic N) is 1.